The van der Waals surface area contributed by atoms with Crippen LogP contribution < -0.4 is 10.2 Å². The van der Waals surface area contributed by atoms with Crippen LogP contribution in [0.3, 0.4) is 0 Å². The molecule has 5 amide bonds. The Morgan fingerprint density at radius 3 is 2.47 bits per heavy atom. The third-order valence-corrected chi connectivity index (χ3v) is 5.94. The Morgan fingerprint density at radius 1 is 1.06 bits per heavy atom. The zero-order valence-corrected chi connectivity index (χ0v) is 18.1. The number of esters is 1. The normalized spacial score (nSPS) is 19.4. The lowest BCUT2D eigenvalue weighted by Gasteiger charge is -2.28. The molecule has 1 fully saturated rings. The highest BCUT2D eigenvalue weighted by Gasteiger charge is 2.68. The lowest BCUT2D eigenvalue weighted by atomic mass is 9.89. The van der Waals surface area contributed by atoms with Gasteiger partial charge in [0.25, 0.3) is 11.8 Å². The number of urea groups is 1. The third kappa shape index (κ3) is 3.04. The molecule has 0 saturated carbocycles. The number of imide groups is 2. The van der Waals surface area contributed by atoms with Crippen molar-refractivity contribution in [1.82, 2.24) is 10.2 Å². The van der Waals surface area contributed by atoms with Crippen LogP contribution in [0.4, 0.5) is 10.5 Å². The van der Waals surface area contributed by atoms with Crippen LogP contribution in [0.15, 0.2) is 42.5 Å². The molecular weight excluding hydrogens is 461 g/mol. The number of ether oxygens (including phenoxy) is 1. The number of hydrogen-bond acceptors (Lipinski definition) is 6. The van der Waals surface area contributed by atoms with E-state index >= 15 is 0 Å². The van der Waals surface area contributed by atoms with E-state index in [9.17, 15) is 24.0 Å². The number of benzene rings is 2. The molecule has 0 aromatic heterocycles. The zero-order chi connectivity index (χ0) is 23.2. The van der Waals surface area contributed by atoms with Crippen molar-refractivity contribution in [3.05, 3.63) is 63.6 Å². The lowest BCUT2D eigenvalue weighted by molar-refractivity contribution is -0.162. The molecular formula is C21H15Cl2N3O6. The van der Waals surface area contributed by atoms with Gasteiger partial charge >= 0.3 is 17.9 Å². The monoisotopic (exact) mass is 475 g/mol. The summed E-state index contributed by atoms with van der Waals surface area (Å²) < 4.78 is 4.70. The van der Waals surface area contributed by atoms with Crippen molar-refractivity contribution in [2.24, 2.45) is 0 Å². The molecule has 1 saturated heterocycles. The van der Waals surface area contributed by atoms with Crippen LogP contribution in [-0.2, 0) is 36.0 Å². The SMILES string of the molecule is CCOC(=O)C(=O)N1C(=O)NC(=O)C12C(=O)N(Cc1ccc(Cl)c(Cl)c1)c1ccccc12. The molecule has 32 heavy (non-hydrogen) atoms. The number of hydrogen-bond donors (Lipinski definition) is 1. The van der Waals surface area contributed by atoms with Crippen LogP contribution in [-0.4, -0.2) is 41.2 Å². The molecule has 2 aromatic carbocycles. The molecule has 1 N–H and O–H groups in total. The number of halogens is 2. The first-order valence-electron chi connectivity index (χ1n) is 9.45. The van der Waals surface area contributed by atoms with Gasteiger partial charge in [-0.25, -0.2) is 14.5 Å². The third-order valence-electron chi connectivity index (χ3n) is 5.20. The molecule has 0 aliphatic carbocycles. The first-order valence-corrected chi connectivity index (χ1v) is 10.2. The second kappa shape index (κ2) is 7.92. The van der Waals surface area contributed by atoms with Gasteiger partial charge in [-0.05, 0) is 30.7 Å². The molecule has 2 aliphatic heterocycles. The van der Waals surface area contributed by atoms with Gasteiger partial charge in [-0.2, -0.15) is 0 Å². The standard InChI is InChI=1S/C21H15Cl2N3O6/c1-2-32-17(28)16(27)26-20(31)24-18(29)21(26)12-5-3-4-6-15(12)25(19(21)30)10-11-7-8-13(22)14(23)9-11/h3-9H,2,10H2,1H3,(H,24,29,31). The van der Waals surface area contributed by atoms with Crippen LogP contribution in [0.25, 0.3) is 0 Å². The summed E-state index contributed by atoms with van der Waals surface area (Å²) in [6, 6.07) is 9.80. The summed E-state index contributed by atoms with van der Waals surface area (Å²) in [5, 5.41) is 2.58. The van der Waals surface area contributed by atoms with E-state index in [2.05, 4.69) is 0 Å². The highest BCUT2D eigenvalue weighted by atomic mass is 35.5. The van der Waals surface area contributed by atoms with Gasteiger partial charge in [-0.3, -0.25) is 19.7 Å². The topological polar surface area (TPSA) is 113 Å². The Bertz CT molecular complexity index is 1200. The Hall–Kier alpha value is -3.43. The molecule has 11 heteroatoms. The minimum Gasteiger partial charge on any atom is -0.459 e. The number of fused-ring (bicyclic) bond motifs is 2. The highest BCUT2D eigenvalue weighted by molar-refractivity contribution is 6.42. The minimum atomic E-state index is -2.37. The number of carbonyl (C=O) groups is 5. The van der Waals surface area contributed by atoms with Gasteiger partial charge < -0.3 is 9.64 Å². The number of carbonyl (C=O) groups excluding carboxylic acids is 5. The largest absolute Gasteiger partial charge is 0.459 e. The highest BCUT2D eigenvalue weighted by Crippen LogP contribution is 2.47. The van der Waals surface area contributed by atoms with Crippen LogP contribution >= 0.6 is 23.2 Å². The van der Waals surface area contributed by atoms with Gasteiger partial charge in [-0.1, -0.05) is 47.5 Å². The Balaban J connectivity index is 1.84. The van der Waals surface area contributed by atoms with Gasteiger partial charge in [0.2, 0.25) is 5.54 Å². The quantitative estimate of drug-likeness (QED) is 0.315. The molecule has 2 heterocycles. The fourth-order valence-electron chi connectivity index (χ4n) is 3.87. The summed E-state index contributed by atoms with van der Waals surface area (Å²) >= 11 is 12.0. The predicted molar refractivity (Wildman–Crippen MR) is 113 cm³/mol. The molecule has 1 spiro atoms. The maximum absolute atomic E-state index is 13.7. The summed E-state index contributed by atoms with van der Waals surface area (Å²) in [5.74, 6) is -4.68. The van der Waals surface area contributed by atoms with Crippen LogP contribution in [0, 0.1) is 0 Å². The Labute approximate surface area is 191 Å². The van der Waals surface area contributed by atoms with E-state index in [-0.39, 0.29) is 23.7 Å². The lowest BCUT2D eigenvalue weighted by Crippen LogP contribution is -2.57. The maximum atomic E-state index is 13.7. The van der Waals surface area contributed by atoms with Crippen molar-refractivity contribution in [2.75, 3.05) is 11.5 Å². The van der Waals surface area contributed by atoms with E-state index in [0.29, 0.717) is 21.2 Å². The smallest absolute Gasteiger partial charge is 0.397 e. The number of anilines is 1. The number of para-hydroxylation sites is 1. The van der Waals surface area contributed by atoms with Gasteiger partial charge in [0.05, 0.1) is 28.9 Å². The summed E-state index contributed by atoms with van der Waals surface area (Å²) in [6.07, 6.45) is 0. The second-order valence-corrected chi connectivity index (χ2v) is 7.80. The molecule has 9 nitrogen and oxygen atoms in total. The summed E-state index contributed by atoms with van der Waals surface area (Å²) in [6.45, 7) is 1.32. The second-order valence-electron chi connectivity index (χ2n) is 6.99. The zero-order valence-electron chi connectivity index (χ0n) is 16.6. The van der Waals surface area contributed by atoms with Gasteiger partial charge in [0, 0.05) is 5.56 Å². The molecule has 2 aromatic rings. The average Bonchev–Trinajstić information content (AvgIpc) is 3.17. The van der Waals surface area contributed by atoms with E-state index in [1.54, 1.807) is 36.4 Å². The number of nitrogens with one attached hydrogen (secondary N) is 1. The minimum absolute atomic E-state index is 0.0304. The van der Waals surface area contributed by atoms with E-state index < -0.39 is 35.3 Å². The molecule has 0 radical (unpaired) electrons. The first kappa shape index (κ1) is 21.8. The molecule has 2 aliphatic rings. The summed E-state index contributed by atoms with van der Waals surface area (Å²) in [7, 11) is 0. The van der Waals surface area contributed by atoms with E-state index in [1.165, 1.54) is 17.9 Å². The number of nitrogens with zero attached hydrogens (tertiary/aromatic N) is 2. The maximum Gasteiger partial charge on any atom is 0.397 e. The van der Waals surface area contributed by atoms with E-state index in [0.717, 1.165) is 0 Å². The fraction of sp³-hybridized carbons (Fsp3) is 0.190. The first-order chi connectivity index (χ1) is 15.2. The fourth-order valence-corrected chi connectivity index (χ4v) is 4.19. The van der Waals surface area contributed by atoms with Crippen molar-refractivity contribution in [2.45, 2.75) is 19.0 Å². The Morgan fingerprint density at radius 2 is 1.78 bits per heavy atom. The molecule has 0 bridgehead atoms. The van der Waals surface area contributed by atoms with Crippen LogP contribution in [0.2, 0.25) is 10.0 Å². The van der Waals surface area contributed by atoms with Crippen molar-refractivity contribution >= 4 is 58.6 Å². The van der Waals surface area contributed by atoms with E-state index in [1.807, 2.05) is 5.32 Å². The average molecular weight is 476 g/mol. The van der Waals surface area contributed by atoms with Gasteiger partial charge in [-0.15, -0.1) is 0 Å². The molecule has 1 atom stereocenters. The van der Waals surface area contributed by atoms with Crippen molar-refractivity contribution in [3.63, 3.8) is 0 Å². The molecule has 164 valence electrons. The molecule has 1 unspecified atom stereocenters. The summed E-state index contributed by atoms with van der Waals surface area (Å²) in [5.41, 5.74) is -1.39. The van der Waals surface area contributed by atoms with Crippen LogP contribution in [0.1, 0.15) is 18.1 Å². The van der Waals surface area contributed by atoms with Crippen LogP contribution in [0.5, 0.6) is 0 Å². The number of amides is 5. The van der Waals surface area contributed by atoms with E-state index in [4.69, 9.17) is 27.9 Å². The van der Waals surface area contributed by atoms with Gasteiger partial charge in [0.15, 0.2) is 0 Å². The molecule has 4 rings (SSSR count). The Kier molecular flexibility index (Phi) is 5.39. The van der Waals surface area contributed by atoms with Crippen molar-refractivity contribution in [3.8, 4) is 0 Å². The predicted octanol–water partition coefficient (Wildman–Crippen LogP) is 2.38. The van der Waals surface area contributed by atoms with Gasteiger partial charge in [0.1, 0.15) is 0 Å². The van der Waals surface area contributed by atoms with Crippen molar-refractivity contribution < 1.29 is 28.7 Å². The summed E-state index contributed by atoms with van der Waals surface area (Å²) in [4.78, 5) is 65.8. The van der Waals surface area contributed by atoms with Crippen molar-refractivity contribution in [1.29, 1.82) is 0 Å². The number of rotatable bonds is 3.